The van der Waals surface area contributed by atoms with Crippen LogP contribution in [0.1, 0.15) is 10.4 Å². The summed E-state index contributed by atoms with van der Waals surface area (Å²) in [5.74, 6) is -0.694. The summed E-state index contributed by atoms with van der Waals surface area (Å²) in [6.45, 7) is 6.83. The number of ether oxygens (including phenoxy) is 1. The lowest BCUT2D eigenvalue weighted by Crippen LogP contribution is -2.37. The van der Waals surface area contributed by atoms with Gasteiger partial charge in [-0.25, -0.2) is 4.79 Å². The van der Waals surface area contributed by atoms with Crippen LogP contribution in [0.15, 0.2) is 47.5 Å². The number of carbonyl (C=O) groups is 1. The Morgan fingerprint density at radius 2 is 1.81 bits per heavy atom. The van der Waals surface area contributed by atoms with Crippen molar-refractivity contribution in [2.24, 2.45) is 7.05 Å². The summed E-state index contributed by atoms with van der Waals surface area (Å²) < 4.78 is 7.52. The van der Waals surface area contributed by atoms with Gasteiger partial charge in [0.25, 0.3) is 5.56 Å². The Balaban J connectivity index is 2.18. The van der Waals surface area contributed by atoms with Crippen molar-refractivity contribution in [1.29, 1.82) is 0 Å². The number of aromatic nitrogens is 4. The second-order valence-electron chi connectivity index (χ2n) is 7.35. The summed E-state index contributed by atoms with van der Waals surface area (Å²) >= 11 is 0. The number of benzene rings is 1. The van der Waals surface area contributed by atoms with Gasteiger partial charge in [0.05, 0.1) is 33.3 Å². The van der Waals surface area contributed by atoms with Crippen LogP contribution in [0.25, 0.3) is 16.9 Å². The van der Waals surface area contributed by atoms with Crippen molar-refractivity contribution < 1.29 is 9.53 Å². The molecule has 0 spiro atoms. The lowest BCUT2D eigenvalue weighted by molar-refractivity contribution is 0.0598. The number of hydrogen-bond acceptors (Lipinski definition) is 5. The lowest BCUT2D eigenvalue weighted by Gasteiger charge is -2.17. The van der Waals surface area contributed by atoms with Gasteiger partial charge in [-0.15, -0.1) is 0 Å². The Kier molecular flexibility index (Phi) is 4.84. The molecule has 0 atom stereocenters. The predicted molar refractivity (Wildman–Crippen MR) is 106 cm³/mol. The zero-order valence-electron chi connectivity index (χ0n) is 16.1. The Morgan fingerprint density at radius 1 is 1.15 bits per heavy atom. The molecule has 2 heterocycles. The van der Waals surface area contributed by atoms with E-state index in [0.29, 0.717) is 11.4 Å². The highest BCUT2D eigenvalue weighted by molar-refractivity contribution is 6.88. The van der Waals surface area contributed by atoms with Gasteiger partial charge in [0.15, 0.2) is 0 Å². The molecule has 0 bridgehead atoms. The second kappa shape index (κ2) is 6.96. The third-order valence-corrected chi connectivity index (χ3v) is 6.36. The van der Waals surface area contributed by atoms with Crippen LogP contribution < -0.4 is 10.7 Å². The van der Waals surface area contributed by atoms with Gasteiger partial charge in [0.1, 0.15) is 11.3 Å². The van der Waals surface area contributed by atoms with Gasteiger partial charge in [-0.2, -0.15) is 14.9 Å². The minimum absolute atomic E-state index is 0.0689. The van der Waals surface area contributed by atoms with Crippen LogP contribution >= 0.6 is 0 Å². The number of nitrogens with zero attached hydrogens (tertiary/aromatic N) is 4. The molecule has 0 radical (unpaired) electrons. The summed E-state index contributed by atoms with van der Waals surface area (Å²) in [6.07, 6.45) is 3.18. The fourth-order valence-corrected chi connectivity index (χ4v) is 3.89. The van der Waals surface area contributed by atoms with Crippen molar-refractivity contribution in [3.05, 3.63) is 58.6 Å². The van der Waals surface area contributed by atoms with Crippen LogP contribution in [0.2, 0.25) is 19.6 Å². The maximum absolute atomic E-state index is 12.7. The second-order valence-corrected chi connectivity index (χ2v) is 12.4. The summed E-state index contributed by atoms with van der Waals surface area (Å²) in [5.41, 5.74) is 1.20. The van der Waals surface area contributed by atoms with E-state index in [-0.39, 0.29) is 5.56 Å². The van der Waals surface area contributed by atoms with E-state index >= 15 is 0 Å². The molecule has 0 fully saturated rings. The third kappa shape index (κ3) is 3.75. The molecule has 140 valence electrons. The number of carbonyl (C=O) groups excluding carboxylic acids is 1. The monoisotopic (exact) mass is 382 g/mol. The van der Waals surface area contributed by atoms with Crippen molar-refractivity contribution >= 4 is 19.2 Å². The van der Waals surface area contributed by atoms with Crippen LogP contribution in [0.3, 0.4) is 0 Å². The first-order valence-electron chi connectivity index (χ1n) is 8.53. The average molecular weight is 382 g/mol. The summed E-state index contributed by atoms with van der Waals surface area (Å²) in [6, 6.07) is 9.58. The molecule has 2 aromatic heterocycles. The van der Waals surface area contributed by atoms with Crippen LogP contribution in [-0.2, 0) is 11.8 Å². The molecular weight excluding hydrogens is 360 g/mol. The molecule has 27 heavy (non-hydrogen) atoms. The minimum Gasteiger partial charge on any atom is -0.465 e. The van der Waals surface area contributed by atoms with E-state index in [2.05, 4.69) is 42.0 Å². The first-order chi connectivity index (χ1) is 12.7. The molecule has 0 aliphatic carbocycles. The van der Waals surface area contributed by atoms with Gasteiger partial charge in [0, 0.05) is 12.6 Å². The largest absolute Gasteiger partial charge is 0.465 e. The highest BCUT2D eigenvalue weighted by Gasteiger charge is 2.20. The standard InChI is InChI=1S/C19H22N4O3Si/c1-22-12-14(11-20-22)23-18(24)16(19(25)26-2)10-17(21-23)13-6-8-15(9-7-13)27(3,4)5/h6-12H,1-5H3. The van der Waals surface area contributed by atoms with Gasteiger partial charge in [0.2, 0.25) is 0 Å². The van der Waals surface area contributed by atoms with Crippen molar-refractivity contribution in [3.8, 4) is 16.9 Å². The first-order valence-corrected chi connectivity index (χ1v) is 12.0. The Hall–Kier alpha value is -3.00. The van der Waals surface area contributed by atoms with Crippen molar-refractivity contribution in [2.75, 3.05) is 7.11 Å². The number of aryl methyl sites for hydroxylation is 1. The topological polar surface area (TPSA) is 79.0 Å². The maximum Gasteiger partial charge on any atom is 0.343 e. The SMILES string of the molecule is COC(=O)c1cc(-c2ccc([Si](C)(C)C)cc2)nn(-c2cnn(C)c2)c1=O. The molecule has 8 heteroatoms. The molecule has 0 aliphatic heterocycles. The lowest BCUT2D eigenvalue weighted by atomic mass is 10.1. The van der Waals surface area contributed by atoms with E-state index in [0.717, 1.165) is 5.56 Å². The van der Waals surface area contributed by atoms with E-state index in [1.54, 1.807) is 17.9 Å². The van der Waals surface area contributed by atoms with E-state index in [4.69, 9.17) is 4.74 Å². The van der Waals surface area contributed by atoms with Gasteiger partial charge in [-0.3, -0.25) is 9.48 Å². The van der Waals surface area contributed by atoms with Crippen molar-refractivity contribution in [2.45, 2.75) is 19.6 Å². The number of rotatable bonds is 4. The maximum atomic E-state index is 12.7. The van der Waals surface area contributed by atoms with Gasteiger partial charge in [-0.1, -0.05) is 49.1 Å². The molecule has 3 rings (SSSR count). The normalized spacial score (nSPS) is 11.4. The number of methoxy groups -OCH3 is 1. The van der Waals surface area contributed by atoms with Crippen molar-refractivity contribution in [1.82, 2.24) is 19.6 Å². The van der Waals surface area contributed by atoms with E-state index in [9.17, 15) is 9.59 Å². The molecule has 0 unspecified atom stereocenters. The molecule has 1 aromatic carbocycles. The van der Waals surface area contributed by atoms with Gasteiger partial charge < -0.3 is 4.74 Å². The zero-order chi connectivity index (χ0) is 19.8. The quantitative estimate of drug-likeness (QED) is 0.509. The molecule has 0 N–H and O–H groups in total. The molecular formula is C19H22N4O3Si. The van der Waals surface area contributed by atoms with Crippen LogP contribution in [0, 0.1) is 0 Å². The molecule has 0 saturated carbocycles. The fourth-order valence-electron chi connectivity index (χ4n) is 2.73. The Labute approximate surface area is 158 Å². The predicted octanol–water partition coefficient (Wildman–Crippen LogP) is 1.96. The molecule has 7 nitrogen and oxygen atoms in total. The minimum atomic E-state index is -1.42. The van der Waals surface area contributed by atoms with E-state index in [1.807, 2.05) is 12.1 Å². The number of hydrogen-bond donors (Lipinski definition) is 0. The molecule has 0 amide bonds. The summed E-state index contributed by atoms with van der Waals surface area (Å²) in [5, 5.41) is 9.84. The fraction of sp³-hybridized carbons (Fsp3) is 0.263. The van der Waals surface area contributed by atoms with E-state index < -0.39 is 19.6 Å². The number of esters is 1. The van der Waals surface area contributed by atoms with Gasteiger partial charge >= 0.3 is 5.97 Å². The van der Waals surface area contributed by atoms with Crippen LogP contribution in [0.5, 0.6) is 0 Å². The smallest absolute Gasteiger partial charge is 0.343 e. The van der Waals surface area contributed by atoms with Crippen LogP contribution in [0.4, 0.5) is 0 Å². The van der Waals surface area contributed by atoms with E-state index in [1.165, 1.54) is 29.2 Å². The first kappa shape index (κ1) is 18.8. The molecule has 0 aliphatic rings. The summed E-state index contributed by atoms with van der Waals surface area (Å²) in [7, 11) is 1.57. The van der Waals surface area contributed by atoms with Crippen LogP contribution in [-0.4, -0.2) is 40.7 Å². The molecule has 0 saturated heterocycles. The Bertz CT molecular complexity index is 1050. The molecule has 3 aromatic rings. The van der Waals surface area contributed by atoms with Gasteiger partial charge in [-0.05, 0) is 6.07 Å². The third-order valence-electron chi connectivity index (χ3n) is 4.30. The highest BCUT2D eigenvalue weighted by atomic mass is 28.3. The average Bonchev–Trinajstić information content (AvgIpc) is 3.07. The summed E-state index contributed by atoms with van der Waals surface area (Å²) in [4.78, 5) is 24.8. The Morgan fingerprint density at radius 3 is 2.33 bits per heavy atom. The van der Waals surface area contributed by atoms with Crippen molar-refractivity contribution in [3.63, 3.8) is 0 Å². The zero-order valence-corrected chi connectivity index (χ0v) is 17.1. The highest BCUT2D eigenvalue weighted by Crippen LogP contribution is 2.18.